The van der Waals surface area contributed by atoms with Crippen molar-refractivity contribution < 1.29 is 9.59 Å². The Morgan fingerprint density at radius 1 is 0.906 bits per heavy atom. The molecule has 3 heteroatoms. The van der Waals surface area contributed by atoms with Crippen LogP contribution in [-0.2, 0) is 16.0 Å². The van der Waals surface area contributed by atoms with E-state index in [0.717, 1.165) is 30.0 Å². The van der Waals surface area contributed by atoms with Gasteiger partial charge in [-0.3, -0.25) is 9.59 Å². The Hall–Kier alpha value is -1.90. The largest absolute Gasteiger partial charge is 0.384 e. The minimum Gasteiger partial charge on any atom is -0.384 e. The summed E-state index contributed by atoms with van der Waals surface area (Å²) in [6.07, 6.45) is 7.38. The van der Waals surface area contributed by atoms with E-state index in [4.69, 9.17) is 0 Å². The van der Waals surface area contributed by atoms with Crippen LogP contribution in [0, 0.1) is 24.7 Å². The maximum absolute atomic E-state index is 12.8. The predicted molar refractivity (Wildman–Crippen MR) is 137 cm³/mol. The first-order valence-electron chi connectivity index (χ1n) is 13.1. The van der Waals surface area contributed by atoms with Crippen LogP contribution in [0.25, 0.3) is 0 Å². The van der Waals surface area contributed by atoms with Crippen LogP contribution in [-0.4, -0.2) is 17.6 Å². The molecule has 0 bridgehead atoms. The molecule has 4 rings (SSSR count). The van der Waals surface area contributed by atoms with E-state index in [1.165, 1.54) is 36.8 Å². The number of nitrogens with one attached hydrogen (secondary N) is 1. The molecule has 3 atom stereocenters. The van der Waals surface area contributed by atoms with Crippen molar-refractivity contribution in [2.45, 2.75) is 106 Å². The summed E-state index contributed by atoms with van der Waals surface area (Å²) in [4.78, 5) is 25.0. The summed E-state index contributed by atoms with van der Waals surface area (Å²) in [6, 6.07) is 8.95. The number of carbonyl (C=O) groups excluding carboxylic acids is 2. The van der Waals surface area contributed by atoms with Gasteiger partial charge in [0.15, 0.2) is 5.78 Å². The molecule has 0 amide bonds. The SMILES string of the molecule is CC.CC.CC.Cc1ccc(CC2C3=C(NC2CC2CCCC2)C(C)C(=O)CC3=O)cc1. The molecule has 3 aliphatic rings. The Morgan fingerprint density at radius 2 is 1.47 bits per heavy atom. The molecule has 1 aromatic carbocycles. The lowest BCUT2D eigenvalue weighted by atomic mass is 9.78. The van der Waals surface area contributed by atoms with Gasteiger partial charge in [-0.05, 0) is 38.2 Å². The molecule has 0 radical (unpaired) electrons. The van der Waals surface area contributed by atoms with Crippen LogP contribution in [0.4, 0.5) is 0 Å². The molecule has 180 valence electrons. The average molecular weight is 442 g/mol. The molecule has 1 saturated carbocycles. The zero-order chi connectivity index (χ0) is 24.3. The minimum absolute atomic E-state index is 0.0571. The molecule has 3 unspecified atom stereocenters. The van der Waals surface area contributed by atoms with Gasteiger partial charge in [-0.2, -0.15) is 0 Å². The molecular weight excluding hydrogens is 394 g/mol. The molecule has 1 heterocycles. The van der Waals surface area contributed by atoms with Gasteiger partial charge in [-0.15, -0.1) is 0 Å². The zero-order valence-electron chi connectivity index (χ0n) is 21.9. The number of Topliss-reactive ketones (excluding diaryl/α,β-unsaturated/α-hetero) is 2. The molecule has 0 aromatic heterocycles. The van der Waals surface area contributed by atoms with Gasteiger partial charge in [0.25, 0.3) is 0 Å². The zero-order valence-corrected chi connectivity index (χ0v) is 21.9. The molecule has 3 nitrogen and oxygen atoms in total. The summed E-state index contributed by atoms with van der Waals surface area (Å²) in [5.74, 6) is 0.933. The monoisotopic (exact) mass is 441 g/mol. The first-order valence-corrected chi connectivity index (χ1v) is 13.1. The lowest BCUT2D eigenvalue weighted by molar-refractivity contribution is -0.128. The van der Waals surface area contributed by atoms with E-state index in [1.807, 2.05) is 48.5 Å². The van der Waals surface area contributed by atoms with Gasteiger partial charge in [0.1, 0.15) is 5.78 Å². The van der Waals surface area contributed by atoms with E-state index in [-0.39, 0.29) is 29.8 Å². The summed E-state index contributed by atoms with van der Waals surface area (Å²) in [5, 5.41) is 3.65. The molecule has 1 fully saturated rings. The van der Waals surface area contributed by atoms with Crippen LogP contribution in [0.2, 0.25) is 0 Å². The Balaban J connectivity index is 0.000000789. The lowest BCUT2D eigenvalue weighted by Gasteiger charge is -2.25. The molecule has 1 aromatic rings. The molecule has 0 saturated heterocycles. The first kappa shape index (κ1) is 28.1. The van der Waals surface area contributed by atoms with Crippen LogP contribution >= 0.6 is 0 Å². The standard InChI is InChI=1S/C23H29NO2.3C2H6/c1-14-7-9-17(10-8-14)11-18-19(12-16-5-3-4-6-16)24-23-15(2)20(25)13-21(26)22(18)23;3*1-2/h7-10,15-16,18-19,24H,3-6,11-13H2,1-2H3;3*1-2H3. The Labute approximate surface area is 197 Å². The van der Waals surface area contributed by atoms with Crippen LogP contribution in [0.3, 0.4) is 0 Å². The van der Waals surface area contributed by atoms with Gasteiger partial charge in [-0.25, -0.2) is 0 Å². The quantitative estimate of drug-likeness (QED) is 0.502. The first-order chi connectivity index (χ1) is 15.5. The summed E-state index contributed by atoms with van der Waals surface area (Å²) in [7, 11) is 0. The highest BCUT2D eigenvalue weighted by molar-refractivity contribution is 6.13. The van der Waals surface area contributed by atoms with Gasteiger partial charge < -0.3 is 5.32 Å². The number of carbonyl (C=O) groups is 2. The van der Waals surface area contributed by atoms with E-state index >= 15 is 0 Å². The van der Waals surface area contributed by atoms with E-state index in [9.17, 15) is 9.59 Å². The predicted octanol–water partition coefficient (Wildman–Crippen LogP) is 7.22. The Bertz CT molecular complexity index is 741. The van der Waals surface area contributed by atoms with E-state index in [2.05, 4.69) is 36.5 Å². The third-order valence-corrected chi connectivity index (χ3v) is 6.68. The molecule has 1 aliphatic heterocycles. The molecule has 0 spiro atoms. The topological polar surface area (TPSA) is 46.2 Å². The number of allylic oxidation sites excluding steroid dienone is 1. The third-order valence-electron chi connectivity index (χ3n) is 6.68. The molecule has 1 N–H and O–H groups in total. The molecule has 32 heavy (non-hydrogen) atoms. The van der Waals surface area contributed by atoms with Gasteiger partial charge in [0.2, 0.25) is 0 Å². The fourth-order valence-electron chi connectivity index (χ4n) is 5.11. The van der Waals surface area contributed by atoms with Crippen molar-refractivity contribution >= 4 is 11.6 Å². The van der Waals surface area contributed by atoms with Crippen molar-refractivity contribution in [1.82, 2.24) is 5.32 Å². The van der Waals surface area contributed by atoms with Crippen LogP contribution in [0.15, 0.2) is 35.5 Å². The third kappa shape index (κ3) is 6.80. The van der Waals surface area contributed by atoms with Crippen molar-refractivity contribution in [2.24, 2.45) is 17.8 Å². The second kappa shape index (κ2) is 14.3. The minimum atomic E-state index is -0.156. The van der Waals surface area contributed by atoms with Crippen molar-refractivity contribution in [3.05, 3.63) is 46.7 Å². The summed E-state index contributed by atoms with van der Waals surface area (Å²) < 4.78 is 0. The van der Waals surface area contributed by atoms with E-state index in [0.29, 0.717) is 6.04 Å². The second-order valence-corrected chi connectivity index (χ2v) is 8.55. The Morgan fingerprint density at radius 3 is 2.03 bits per heavy atom. The van der Waals surface area contributed by atoms with Crippen LogP contribution < -0.4 is 5.32 Å². The number of benzene rings is 1. The van der Waals surface area contributed by atoms with Crippen molar-refractivity contribution in [3.63, 3.8) is 0 Å². The van der Waals surface area contributed by atoms with Gasteiger partial charge in [0.05, 0.1) is 12.3 Å². The smallest absolute Gasteiger partial charge is 0.168 e. The number of hydrogen-bond acceptors (Lipinski definition) is 3. The maximum Gasteiger partial charge on any atom is 0.168 e. The second-order valence-electron chi connectivity index (χ2n) is 8.55. The molecular formula is C29H47NO2. The fourth-order valence-corrected chi connectivity index (χ4v) is 5.11. The Kier molecular flexibility index (Phi) is 12.6. The average Bonchev–Trinajstić information content (AvgIpc) is 3.47. The van der Waals surface area contributed by atoms with Crippen molar-refractivity contribution in [3.8, 4) is 0 Å². The maximum atomic E-state index is 12.8. The van der Waals surface area contributed by atoms with Crippen LogP contribution in [0.1, 0.15) is 98.1 Å². The fraction of sp³-hybridized carbons (Fsp3) is 0.655. The number of hydrogen-bond donors (Lipinski definition) is 1. The van der Waals surface area contributed by atoms with Crippen molar-refractivity contribution in [1.29, 1.82) is 0 Å². The van der Waals surface area contributed by atoms with Crippen LogP contribution in [0.5, 0.6) is 0 Å². The van der Waals surface area contributed by atoms with Gasteiger partial charge in [-0.1, -0.05) is 97.1 Å². The number of rotatable bonds is 4. The number of ketones is 2. The van der Waals surface area contributed by atoms with Crippen molar-refractivity contribution in [2.75, 3.05) is 0 Å². The van der Waals surface area contributed by atoms with Gasteiger partial charge >= 0.3 is 0 Å². The van der Waals surface area contributed by atoms with E-state index in [1.54, 1.807) is 0 Å². The highest BCUT2D eigenvalue weighted by Gasteiger charge is 2.44. The van der Waals surface area contributed by atoms with Gasteiger partial charge in [0, 0.05) is 23.2 Å². The highest BCUT2D eigenvalue weighted by Crippen LogP contribution is 2.41. The molecule has 2 aliphatic carbocycles. The summed E-state index contributed by atoms with van der Waals surface area (Å²) in [5.41, 5.74) is 4.41. The van der Waals surface area contributed by atoms with E-state index < -0.39 is 0 Å². The normalized spacial score (nSPS) is 24.3. The number of aryl methyl sites for hydroxylation is 1. The summed E-state index contributed by atoms with van der Waals surface area (Å²) >= 11 is 0. The highest BCUT2D eigenvalue weighted by atomic mass is 16.1. The lowest BCUT2D eigenvalue weighted by Crippen LogP contribution is -2.33. The summed E-state index contributed by atoms with van der Waals surface area (Å²) in [6.45, 7) is 16.1.